The lowest BCUT2D eigenvalue weighted by molar-refractivity contribution is -0.150. The first-order valence-corrected chi connectivity index (χ1v) is 9.29. The van der Waals surface area contributed by atoms with Crippen LogP contribution in [0.2, 0.25) is 0 Å². The quantitative estimate of drug-likeness (QED) is 0.677. The van der Waals surface area contributed by atoms with E-state index in [-0.39, 0.29) is 18.4 Å². The van der Waals surface area contributed by atoms with Crippen molar-refractivity contribution in [3.05, 3.63) is 60.2 Å². The van der Waals surface area contributed by atoms with Gasteiger partial charge in [-0.3, -0.25) is 14.4 Å². The molecule has 2 N–H and O–H groups in total. The number of carbonyl (C=O) groups excluding carboxylic acids is 3. The molecular weight excluding hydrogens is 356 g/mol. The van der Waals surface area contributed by atoms with Gasteiger partial charge in [0, 0.05) is 18.3 Å². The first-order chi connectivity index (χ1) is 13.4. The van der Waals surface area contributed by atoms with Crippen LogP contribution in [0.3, 0.4) is 0 Å². The van der Waals surface area contributed by atoms with Crippen LogP contribution in [0.15, 0.2) is 54.6 Å². The number of carbonyl (C=O) groups is 3. The molecule has 2 rings (SSSR count). The lowest BCUT2D eigenvalue weighted by Crippen LogP contribution is -2.26. The highest BCUT2D eigenvalue weighted by molar-refractivity contribution is 5.94. The maximum atomic E-state index is 12.6. The Bertz CT molecular complexity index is 803. The first kappa shape index (κ1) is 21.2. The van der Waals surface area contributed by atoms with E-state index in [1.54, 1.807) is 24.3 Å². The number of benzene rings is 2. The fraction of sp³-hybridized carbons (Fsp3) is 0.318. The van der Waals surface area contributed by atoms with Gasteiger partial charge < -0.3 is 15.4 Å². The van der Waals surface area contributed by atoms with Gasteiger partial charge in [0.2, 0.25) is 5.91 Å². The van der Waals surface area contributed by atoms with Gasteiger partial charge in [-0.2, -0.15) is 0 Å². The van der Waals surface area contributed by atoms with Gasteiger partial charge in [0.05, 0.1) is 5.92 Å². The predicted molar refractivity (Wildman–Crippen MR) is 109 cm³/mol. The van der Waals surface area contributed by atoms with Gasteiger partial charge in [-0.25, -0.2) is 0 Å². The number of nitrogens with one attached hydrogen (secondary N) is 2. The van der Waals surface area contributed by atoms with Crippen LogP contribution in [0.25, 0.3) is 0 Å². The van der Waals surface area contributed by atoms with Crippen molar-refractivity contribution in [3.63, 3.8) is 0 Å². The molecule has 0 heterocycles. The lowest BCUT2D eigenvalue weighted by atomic mass is 9.86. The number of ether oxygens (including phenoxy) is 1. The average molecular weight is 382 g/mol. The van der Waals surface area contributed by atoms with Crippen LogP contribution in [0.4, 0.5) is 11.4 Å². The molecule has 2 amide bonds. The van der Waals surface area contributed by atoms with E-state index >= 15 is 0 Å². The first-order valence-electron chi connectivity index (χ1n) is 9.29. The summed E-state index contributed by atoms with van der Waals surface area (Å²) >= 11 is 0. The van der Waals surface area contributed by atoms with Gasteiger partial charge in [0.1, 0.15) is 0 Å². The van der Waals surface area contributed by atoms with E-state index < -0.39 is 17.8 Å². The van der Waals surface area contributed by atoms with Crippen LogP contribution >= 0.6 is 0 Å². The summed E-state index contributed by atoms with van der Waals surface area (Å²) in [7, 11) is 0. The highest BCUT2D eigenvalue weighted by atomic mass is 16.5. The van der Waals surface area contributed by atoms with Gasteiger partial charge in [-0.15, -0.1) is 0 Å². The maximum Gasteiger partial charge on any atom is 0.314 e. The lowest BCUT2D eigenvalue weighted by Gasteiger charge is -2.21. The van der Waals surface area contributed by atoms with Crippen molar-refractivity contribution in [1.82, 2.24) is 0 Å². The van der Waals surface area contributed by atoms with Gasteiger partial charge in [-0.05, 0) is 35.7 Å². The van der Waals surface area contributed by atoms with Gasteiger partial charge in [-0.1, -0.05) is 50.6 Å². The number of esters is 1. The molecule has 0 radical (unpaired) electrons. The highest BCUT2D eigenvalue weighted by Crippen LogP contribution is 2.28. The predicted octanol–water partition coefficient (Wildman–Crippen LogP) is 3.96. The molecule has 2 aromatic rings. The number of hydrogen-bond donors (Lipinski definition) is 2. The zero-order valence-corrected chi connectivity index (χ0v) is 16.4. The van der Waals surface area contributed by atoms with Crippen molar-refractivity contribution < 1.29 is 19.1 Å². The second-order valence-corrected chi connectivity index (χ2v) is 6.69. The molecule has 28 heavy (non-hydrogen) atoms. The Morgan fingerprint density at radius 1 is 0.929 bits per heavy atom. The molecule has 0 aliphatic heterocycles. The summed E-state index contributed by atoms with van der Waals surface area (Å²) in [6.07, 6.45) is 0.821. The number of hydrogen-bond acceptors (Lipinski definition) is 4. The zero-order valence-electron chi connectivity index (χ0n) is 16.4. The van der Waals surface area contributed by atoms with E-state index in [2.05, 4.69) is 10.6 Å². The largest absolute Gasteiger partial charge is 0.455 e. The normalized spacial score (nSPS) is 12.5. The third-order valence-electron chi connectivity index (χ3n) is 4.46. The van der Waals surface area contributed by atoms with Crippen LogP contribution in [-0.4, -0.2) is 24.4 Å². The van der Waals surface area contributed by atoms with Crippen molar-refractivity contribution in [2.45, 2.75) is 33.1 Å². The maximum absolute atomic E-state index is 12.6. The van der Waals surface area contributed by atoms with Crippen molar-refractivity contribution in [3.8, 4) is 0 Å². The van der Waals surface area contributed by atoms with E-state index in [0.717, 1.165) is 12.0 Å². The zero-order chi connectivity index (χ0) is 20.5. The van der Waals surface area contributed by atoms with E-state index in [0.29, 0.717) is 11.4 Å². The molecule has 0 unspecified atom stereocenters. The number of amides is 2. The van der Waals surface area contributed by atoms with Gasteiger partial charge in [0.15, 0.2) is 6.61 Å². The third kappa shape index (κ3) is 6.23. The van der Waals surface area contributed by atoms with Gasteiger partial charge in [0.25, 0.3) is 5.91 Å². The molecule has 2 atom stereocenters. The van der Waals surface area contributed by atoms with Gasteiger partial charge >= 0.3 is 5.97 Å². The Morgan fingerprint density at radius 2 is 1.50 bits per heavy atom. The van der Waals surface area contributed by atoms with Crippen LogP contribution in [0, 0.1) is 5.92 Å². The van der Waals surface area contributed by atoms with Crippen LogP contribution in [0.1, 0.15) is 38.7 Å². The summed E-state index contributed by atoms with van der Waals surface area (Å²) in [4.78, 5) is 35.7. The smallest absolute Gasteiger partial charge is 0.314 e. The standard InChI is InChI=1S/C22H26N2O4/c1-4-15(2)21(17-8-6-5-7-9-17)22(27)28-14-20(26)24-19-12-10-18(11-13-19)23-16(3)25/h5-13,15,21H,4,14H2,1-3H3,(H,23,25)(H,24,26)/t15-,21+/m1/s1. The fourth-order valence-electron chi connectivity index (χ4n) is 2.86. The minimum Gasteiger partial charge on any atom is -0.455 e. The number of anilines is 2. The van der Waals surface area contributed by atoms with Crippen LogP contribution < -0.4 is 10.6 Å². The Morgan fingerprint density at radius 3 is 2.04 bits per heavy atom. The van der Waals surface area contributed by atoms with Crippen LogP contribution in [0.5, 0.6) is 0 Å². The third-order valence-corrected chi connectivity index (χ3v) is 4.46. The molecule has 2 aromatic carbocycles. The molecule has 0 aliphatic carbocycles. The van der Waals surface area contributed by atoms with Crippen molar-refractivity contribution >= 4 is 29.2 Å². The molecule has 148 valence electrons. The molecule has 0 aromatic heterocycles. The molecule has 0 saturated carbocycles. The Labute approximate surface area is 165 Å². The summed E-state index contributed by atoms with van der Waals surface area (Å²) in [5.74, 6) is -1.30. The topological polar surface area (TPSA) is 84.5 Å². The summed E-state index contributed by atoms with van der Waals surface area (Å²) in [5.41, 5.74) is 2.07. The monoisotopic (exact) mass is 382 g/mol. The minimum absolute atomic E-state index is 0.0966. The molecule has 6 heteroatoms. The van der Waals surface area contributed by atoms with Crippen molar-refractivity contribution in [1.29, 1.82) is 0 Å². The highest BCUT2D eigenvalue weighted by Gasteiger charge is 2.27. The van der Waals surface area contributed by atoms with Crippen molar-refractivity contribution in [2.75, 3.05) is 17.2 Å². The van der Waals surface area contributed by atoms with E-state index in [9.17, 15) is 14.4 Å². The minimum atomic E-state index is -0.420. The van der Waals surface area contributed by atoms with Crippen molar-refractivity contribution in [2.24, 2.45) is 5.92 Å². The molecule has 0 spiro atoms. The summed E-state index contributed by atoms with van der Waals surface area (Å²) in [5, 5.41) is 5.32. The summed E-state index contributed by atoms with van der Waals surface area (Å²) in [6, 6.07) is 16.1. The Hall–Kier alpha value is -3.15. The molecule has 6 nitrogen and oxygen atoms in total. The molecule has 0 fully saturated rings. The molecular formula is C22H26N2O4. The Balaban J connectivity index is 1.93. The second kappa shape index (κ2) is 10.3. The molecule has 0 bridgehead atoms. The van der Waals surface area contributed by atoms with Crippen LogP contribution in [-0.2, 0) is 19.1 Å². The van der Waals surface area contributed by atoms with E-state index in [1.165, 1.54) is 6.92 Å². The van der Waals surface area contributed by atoms with E-state index in [1.807, 2.05) is 44.2 Å². The molecule has 0 saturated heterocycles. The molecule has 0 aliphatic rings. The average Bonchev–Trinajstić information content (AvgIpc) is 2.68. The second-order valence-electron chi connectivity index (χ2n) is 6.69. The van der Waals surface area contributed by atoms with E-state index in [4.69, 9.17) is 4.74 Å². The summed E-state index contributed by atoms with van der Waals surface area (Å²) in [6.45, 7) is 5.08. The fourth-order valence-corrected chi connectivity index (χ4v) is 2.86. The SMILES string of the molecule is CC[C@@H](C)[C@H](C(=O)OCC(=O)Nc1ccc(NC(C)=O)cc1)c1ccccc1. The Kier molecular flexibility index (Phi) is 7.75. The number of rotatable bonds is 8. The summed E-state index contributed by atoms with van der Waals surface area (Å²) < 4.78 is 5.28.